The fourth-order valence-electron chi connectivity index (χ4n) is 3.00. The molecule has 7 heteroatoms. The molecule has 1 saturated heterocycles. The first-order valence-corrected chi connectivity index (χ1v) is 11.0. The summed E-state index contributed by atoms with van der Waals surface area (Å²) in [6.07, 6.45) is 0. The quantitative estimate of drug-likeness (QED) is 0.586. The average Bonchev–Trinajstić information content (AvgIpc) is 3.34. The number of aromatic nitrogens is 1. The molecule has 26 heavy (non-hydrogen) atoms. The molecule has 4 rings (SSSR count). The first-order valence-electron chi connectivity index (χ1n) is 8.44. The molecular formula is C19H18BrN3OS2. The molecule has 1 fully saturated rings. The molecule has 0 aliphatic carbocycles. The lowest BCUT2D eigenvalue weighted by Crippen LogP contribution is -2.48. The Morgan fingerprint density at radius 2 is 1.85 bits per heavy atom. The zero-order valence-electron chi connectivity index (χ0n) is 14.1. The number of thiazole rings is 1. The van der Waals surface area contributed by atoms with E-state index in [1.54, 1.807) is 22.7 Å². The van der Waals surface area contributed by atoms with E-state index in [-0.39, 0.29) is 5.91 Å². The monoisotopic (exact) mass is 447 g/mol. The lowest BCUT2D eigenvalue weighted by atomic mass is 10.2. The maximum absolute atomic E-state index is 12.6. The number of benzene rings is 1. The summed E-state index contributed by atoms with van der Waals surface area (Å²) in [4.78, 5) is 22.9. The molecule has 1 aliphatic rings. The fourth-order valence-corrected chi connectivity index (χ4v) is 4.86. The summed E-state index contributed by atoms with van der Waals surface area (Å²) in [5.41, 5.74) is 1.83. The molecular weight excluding hydrogens is 430 g/mol. The number of halogens is 1. The number of rotatable bonds is 4. The lowest BCUT2D eigenvalue weighted by Gasteiger charge is -2.34. The topological polar surface area (TPSA) is 36.4 Å². The standard InChI is InChI=1S/C19H18BrN3OS2/c20-15-5-3-14(4-6-15)19(24)23-9-7-22(8-10-23)12-18-21-16(13-26-18)17-2-1-11-25-17/h1-6,11,13H,7-10,12H2. The Labute approximate surface area is 169 Å². The van der Waals surface area contributed by atoms with Crippen molar-refractivity contribution in [2.45, 2.75) is 6.54 Å². The van der Waals surface area contributed by atoms with Crippen LogP contribution >= 0.6 is 38.6 Å². The fraction of sp³-hybridized carbons (Fsp3) is 0.263. The highest BCUT2D eigenvalue weighted by atomic mass is 79.9. The van der Waals surface area contributed by atoms with Crippen molar-refractivity contribution in [2.24, 2.45) is 0 Å². The van der Waals surface area contributed by atoms with Crippen molar-refractivity contribution in [3.05, 3.63) is 62.2 Å². The summed E-state index contributed by atoms with van der Waals surface area (Å²) in [5.74, 6) is 0.117. The second kappa shape index (κ2) is 8.00. The maximum Gasteiger partial charge on any atom is 0.253 e. The van der Waals surface area contributed by atoms with E-state index in [1.165, 1.54) is 4.88 Å². The predicted molar refractivity (Wildman–Crippen MR) is 111 cm³/mol. The van der Waals surface area contributed by atoms with Crippen molar-refractivity contribution in [2.75, 3.05) is 26.2 Å². The Kier molecular flexibility index (Phi) is 5.49. The minimum Gasteiger partial charge on any atom is -0.336 e. The summed E-state index contributed by atoms with van der Waals surface area (Å²) < 4.78 is 0.990. The van der Waals surface area contributed by atoms with Gasteiger partial charge in [0.2, 0.25) is 0 Å². The molecule has 0 bridgehead atoms. The van der Waals surface area contributed by atoms with Gasteiger partial charge in [0.15, 0.2) is 0 Å². The number of carbonyl (C=O) groups excluding carboxylic acids is 1. The maximum atomic E-state index is 12.6. The number of nitrogens with zero attached hydrogens (tertiary/aromatic N) is 3. The van der Waals surface area contributed by atoms with Crippen LogP contribution in [-0.2, 0) is 6.54 Å². The normalized spacial score (nSPS) is 15.3. The van der Waals surface area contributed by atoms with Gasteiger partial charge in [-0.3, -0.25) is 9.69 Å². The molecule has 134 valence electrons. The van der Waals surface area contributed by atoms with Gasteiger partial charge in [0, 0.05) is 41.6 Å². The Balaban J connectivity index is 1.32. The number of thiophene rings is 1. The van der Waals surface area contributed by atoms with Gasteiger partial charge in [-0.05, 0) is 35.7 Å². The van der Waals surface area contributed by atoms with Gasteiger partial charge in [0.1, 0.15) is 5.01 Å². The van der Waals surface area contributed by atoms with E-state index in [0.717, 1.165) is 53.5 Å². The summed E-state index contributed by atoms with van der Waals surface area (Å²) in [6, 6.07) is 11.7. The van der Waals surface area contributed by atoms with E-state index in [4.69, 9.17) is 4.98 Å². The third kappa shape index (κ3) is 4.06. The molecule has 3 aromatic rings. The second-order valence-electron chi connectivity index (χ2n) is 6.18. The van der Waals surface area contributed by atoms with Crippen LogP contribution in [0.3, 0.4) is 0 Å². The molecule has 2 aromatic heterocycles. The molecule has 0 radical (unpaired) electrons. The van der Waals surface area contributed by atoms with Crippen LogP contribution in [-0.4, -0.2) is 46.9 Å². The van der Waals surface area contributed by atoms with Crippen LogP contribution < -0.4 is 0 Å². The van der Waals surface area contributed by atoms with Gasteiger partial charge in [-0.1, -0.05) is 22.0 Å². The Morgan fingerprint density at radius 3 is 2.54 bits per heavy atom. The Morgan fingerprint density at radius 1 is 1.08 bits per heavy atom. The minimum absolute atomic E-state index is 0.117. The number of hydrogen-bond donors (Lipinski definition) is 0. The van der Waals surface area contributed by atoms with E-state index in [9.17, 15) is 4.79 Å². The van der Waals surface area contributed by atoms with E-state index < -0.39 is 0 Å². The Bertz CT molecular complexity index is 869. The van der Waals surface area contributed by atoms with Crippen molar-refractivity contribution in [1.29, 1.82) is 0 Å². The molecule has 0 spiro atoms. The van der Waals surface area contributed by atoms with E-state index >= 15 is 0 Å². The molecule has 1 amide bonds. The third-order valence-corrected chi connectivity index (χ3v) is 6.69. The minimum atomic E-state index is 0.117. The van der Waals surface area contributed by atoms with Crippen molar-refractivity contribution >= 4 is 44.5 Å². The molecule has 0 N–H and O–H groups in total. The first-order chi connectivity index (χ1) is 12.7. The first kappa shape index (κ1) is 17.9. The summed E-state index contributed by atoms with van der Waals surface area (Å²) in [6.45, 7) is 4.15. The summed E-state index contributed by atoms with van der Waals surface area (Å²) in [7, 11) is 0. The van der Waals surface area contributed by atoms with Crippen LogP contribution in [0, 0.1) is 0 Å². The van der Waals surface area contributed by atoms with Gasteiger partial charge >= 0.3 is 0 Å². The number of amides is 1. The molecule has 0 unspecified atom stereocenters. The smallest absolute Gasteiger partial charge is 0.253 e. The highest BCUT2D eigenvalue weighted by Crippen LogP contribution is 2.26. The van der Waals surface area contributed by atoms with Crippen LogP contribution in [0.25, 0.3) is 10.6 Å². The molecule has 0 atom stereocenters. The third-order valence-electron chi connectivity index (χ3n) is 4.43. The van der Waals surface area contributed by atoms with Gasteiger partial charge in [0.25, 0.3) is 5.91 Å². The molecule has 1 aromatic carbocycles. The predicted octanol–water partition coefficient (Wildman–Crippen LogP) is 4.59. The number of hydrogen-bond acceptors (Lipinski definition) is 5. The van der Waals surface area contributed by atoms with Crippen LogP contribution in [0.5, 0.6) is 0 Å². The largest absolute Gasteiger partial charge is 0.336 e. The lowest BCUT2D eigenvalue weighted by molar-refractivity contribution is 0.0628. The second-order valence-corrected chi connectivity index (χ2v) is 8.99. The van der Waals surface area contributed by atoms with E-state index in [1.807, 2.05) is 29.2 Å². The van der Waals surface area contributed by atoms with Gasteiger partial charge in [-0.2, -0.15) is 0 Å². The van der Waals surface area contributed by atoms with Crippen LogP contribution in [0.1, 0.15) is 15.4 Å². The van der Waals surface area contributed by atoms with Crippen molar-refractivity contribution in [1.82, 2.24) is 14.8 Å². The van der Waals surface area contributed by atoms with Crippen LogP contribution in [0.4, 0.5) is 0 Å². The van der Waals surface area contributed by atoms with Gasteiger partial charge in [-0.25, -0.2) is 4.98 Å². The molecule has 4 nitrogen and oxygen atoms in total. The van der Waals surface area contributed by atoms with Gasteiger partial charge in [-0.15, -0.1) is 22.7 Å². The summed E-state index contributed by atoms with van der Waals surface area (Å²) >= 11 is 6.85. The average molecular weight is 448 g/mol. The SMILES string of the molecule is O=C(c1ccc(Br)cc1)N1CCN(Cc2nc(-c3cccs3)cs2)CC1. The van der Waals surface area contributed by atoms with E-state index in [2.05, 4.69) is 43.7 Å². The van der Waals surface area contributed by atoms with Crippen LogP contribution in [0.15, 0.2) is 51.6 Å². The number of piperazine rings is 1. The van der Waals surface area contributed by atoms with Crippen molar-refractivity contribution < 1.29 is 4.79 Å². The molecule has 1 aliphatic heterocycles. The Hall–Kier alpha value is -1.54. The van der Waals surface area contributed by atoms with E-state index in [0.29, 0.717) is 0 Å². The molecule has 3 heterocycles. The van der Waals surface area contributed by atoms with Gasteiger partial charge in [0.05, 0.1) is 17.1 Å². The highest BCUT2D eigenvalue weighted by molar-refractivity contribution is 9.10. The van der Waals surface area contributed by atoms with Crippen LogP contribution in [0.2, 0.25) is 0 Å². The van der Waals surface area contributed by atoms with Crippen molar-refractivity contribution in [3.63, 3.8) is 0 Å². The van der Waals surface area contributed by atoms with Gasteiger partial charge < -0.3 is 4.90 Å². The number of carbonyl (C=O) groups is 1. The molecule has 0 saturated carbocycles. The zero-order chi connectivity index (χ0) is 17.9. The highest BCUT2D eigenvalue weighted by Gasteiger charge is 2.22. The zero-order valence-corrected chi connectivity index (χ0v) is 17.3. The van der Waals surface area contributed by atoms with Crippen molar-refractivity contribution in [3.8, 4) is 10.6 Å². The summed E-state index contributed by atoms with van der Waals surface area (Å²) in [5, 5.41) is 5.35.